The van der Waals surface area contributed by atoms with Gasteiger partial charge in [0.15, 0.2) is 0 Å². The Bertz CT molecular complexity index is 1060. The molecular weight excluding hydrogens is 422 g/mol. The van der Waals surface area contributed by atoms with Crippen LogP contribution in [0.1, 0.15) is 28.8 Å². The van der Waals surface area contributed by atoms with Gasteiger partial charge in [-0.3, -0.25) is 24.5 Å². The van der Waals surface area contributed by atoms with Crippen molar-refractivity contribution in [3.05, 3.63) is 86.9 Å². The van der Waals surface area contributed by atoms with Crippen molar-refractivity contribution in [3.63, 3.8) is 0 Å². The Hall–Kier alpha value is -3.52. The Morgan fingerprint density at radius 2 is 1.55 bits per heavy atom. The molecule has 3 amide bonds. The molecule has 9 heteroatoms. The van der Waals surface area contributed by atoms with Gasteiger partial charge in [0.25, 0.3) is 23.4 Å². The fraction of sp³-hybridized carbons (Fsp3) is 0.227. The van der Waals surface area contributed by atoms with Crippen LogP contribution in [0.4, 0.5) is 5.69 Å². The van der Waals surface area contributed by atoms with Crippen LogP contribution < -0.4 is 0 Å². The molecule has 1 aliphatic heterocycles. The molecule has 8 nitrogen and oxygen atoms in total. The minimum Gasteiger partial charge on any atom is -0.272 e. The monoisotopic (exact) mass is 439 g/mol. The minimum absolute atomic E-state index is 0.0928. The van der Waals surface area contributed by atoms with Gasteiger partial charge in [0, 0.05) is 22.7 Å². The van der Waals surface area contributed by atoms with Crippen molar-refractivity contribution < 1.29 is 19.3 Å². The molecule has 2 aromatic rings. The van der Waals surface area contributed by atoms with Crippen molar-refractivity contribution in [1.82, 2.24) is 10.0 Å². The van der Waals surface area contributed by atoms with Crippen molar-refractivity contribution >= 4 is 35.0 Å². The van der Waals surface area contributed by atoms with Crippen molar-refractivity contribution in [1.29, 1.82) is 0 Å². The van der Waals surface area contributed by atoms with Gasteiger partial charge >= 0.3 is 0 Å². The highest BCUT2D eigenvalue weighted by Gasteiger charge is 2.50. The number of allylic oxidation sites excluding steroid dienone is 2. The van der Waals surface area contributed by atoms with Crippen LogP contribution in [-0.2, 0) is 16.1 Å². The quantitative estimate of drug-likeness (QED) is 0.305. The van der Waals surface area contributed by atoms with Gasteiger partial charge in [-0.15, -0.1) is 0 Å². The standard InChI is InChI=1S/C22H18ClN3O5/c23-16-9-7-15(8-10-16)20(27)24(13-14-5-11-17(12-6-14)26(30)31)25-21(28)18-3-1-2-4-19(18)22(25)29/h1-2,5-12,18-19H,3-4,13H2/t18-,19-/m0/s1. The van der Waals surface area contributed by atoms with Gasteiger partial charge in [-0.2, -0.15) is 5.01 Å². The molecule has 158 valence electrons. The number of hydrogen-bond acceptors (Lipinski definition) is 5. The molecule has 1 aliphatic carbocycles. The first-order valence-corrected chi connectivity index (χ1v) is 10.1. The number of nitro benzene ring substituents is 1. The molecule has 31 heavy (non-hydrogen) atoms. The number of imide groups is 1. The number of hydrogen-bond donors (Lipinski definition) is 0. The molecule has 0 unspecified atom stereocenters. The number of benzene rings is 2. The zero-order chi connectivity index (χ0) is 22.1. The first-order valence-electron chi connectivity index (χ1n) is 9.70. The van der Waals surface area contributed by atoms with Crippen LogP contribution >= 0.6 is 11.6 Å². The number of nitrogens with zero attached hydrogens (tertiary/aromatic N) is 3. The summed E-state index contributed by atoms with van der Waals surface area (Å²) in [7, 11) is 0. The van der Waals surface area contributed by atoms with E-state index in [-0.39, 0.29) is 17.8 Å². The van der Waals surface area contributed by atoms with Crippen molar-refractivity contribution in [2.45, 2.75) is 19.4 Å². The third-order valence-electron chi connectivity index (χ3n) is 5.53. The summed E-state index contributed by atoms with van der Waals surface area (Å²) in [4.78, 5) is 49.9. The Morgan fingerprint density at radius 1 is 1.00 bits per heavy atom. The lowest BCUT2D eigenvalue weighted by Crippen LogP contribution is -2.49. The van der Waals surface area contributed by atoms with E-state index in [1.54, 1.807) is 12.1 Å². The van der Waals surface area contributed by atoms with E-state index in [9.17, 15) is 24.5 Å². The average Bonchev–Trinajstić information content (AvgIpc) is 3.03. The van der Waals surface area contributed by atoms with Crippen LogP contribution in [-0.4, -0.2) is 32.7 Å². The Labute approximate surface area is 182 Å². The van der Waals surface area contributed by atoms with E-state index in [1.165, 1.54) is 36.4 Å². The van der Waals surface area contributed by atoms with Gasteiger partial charge < -0.3 is 0 Å². The van der Waals surface area contributed by atoms with Crippen LogP contribution in [0.15, 0.2) is 60.7 Å². The highest BCUT2D eigenvalue weighted by molar-refractivity contribution is 6.30. The Morgan fingerprint density at radius 3 is 2.06 bits per heavy atom. The fourth-order valence-electron chi connectivity index (χ4n) is 3.89. The zero-order valence-electron chi connectivity index (χ0n) is 16.3. The average molecular weight is 440 g/mol. The maximum Gasteiger partial charge on any atom is 0.273 e. The van der Waals surface area contributed by atoms with Gasteiger partial charge in [-0.05, 0) is 42.7 Å². The van der Waals surface area contributed by atoms with Crippen molar-refractivity contribution in [3.8, 4) is 0 Å². The van der Waals surface area contributed by atoms with E-state index in [2.05, 4.69) is 0 Å². The van der Waals surface area contributed by atoms with Crippen LogP contribution in [0, 0.1) is 22.0 Å². The lowest BCUT2D eigenvalue weighted by atomic mass is 9.85. The molecule has 0 aromatic heterocycles. The predicted octanol–water partition coefficient (Wildman–Crippen LogP) is 3.76. The second kappa shape index (κ2) is 8.31. The fourth-order valence-corrected chi connectivity index (χ4v) is 4.02. The smallest absolute Gasteiger partial charge is 0.272 e. The SMILES string of the molecule is O=C(c1ccc(Cl)cc1)N(Cc1ccc([N+](=O)[O-])cc1)N1C(=O)[C@H]2CC=CC[C@@H]2C1=O. The van der Waals surface area contributed by atoms with Crippen LogP contribution in [0.25, 0.3) is 0 Å². The van der Waals surface area contributed by atoms with Crippen molar-refractivity contribution in [2.75, 3.05) is 0 Å². The number of amides is 3. The normalized spacial score (nSPS) is 20.0. The molecule has 2 atom stereocenters. The molecule has 0 radical (unpaired) electrons. The second-order valence-corrected chi connectivity index (χ2v) is 7.87. The highest BCUT2D eigenvalue weighted by atomic mass is 35.5. The number of halogens is 1. The number of carbonyl (C=O) groups is 3. The van der Waals surface area contributed by atoms with Gasteiger partial charge in [0.05, 0.1) is 23.3 Å². The summed E-state index contributed by atoms with van der Waals surface area (Å²) in [5, 5.41) is 13.4. The summed E-state index contributed by atoms with van der Waals surface area (Å²) >= 11 is 5.92. The van der Waals surface area contributed by atoms with Crippen LogP contribution in [0.3, 0.4) is 0 Å². The maximum atomic E-state index is 13.3. The molecule has 0 N–H and O–H groups in total. The number of carbonyl (C=O) groups excluding carboxylic acids is 3. The molecule has 2 aromatic carbocycles. The summed E-state index contributed by atoms with van der Waals surface area (Å²) in [6, 6.07) is 11.8. The Kier molecular flexibility index (Phi) is 5.56. The third kappa shape index (κ3) is 3.94. The van der Waals surface area contributed by atoms with E-state index < -0.39 is 34.5 Å². The van der Waals surface area contributed by atoms with E-state index in [1.807, 2.05) is 12.2 Å². The predicted molar refractivity (Wildman–Crippen MR) is 112 cm³/mol. The van der Waals surface area contributed by atoms with E-state index in [0.717, 1.165) is 10.0 Å². The van der Waals surface area contributed by atoms with Gasteiger partial charge in [-0.25, -0.2) is 5.01 Å². The topological polar surface area (TPSA) is 101 Å². The highest BCUT2D eigenvalue weighted by Crippen LogP contribution is 2.36. The largest absolute Gasteiger partial charge is 0.273 e. The molecule has 1 fully saturated rings. The second-order valence-electron chi connectivity index (χ2n) is 7.44. The zero-order valence-corrected chi connectivity index (χ0v) is 17.1. The lowest BCUT2D eigenvalue weighted by molar-refractivity contribution is -0.384. The molecule has 1 heterocycles. The van der Waals surface area contributed by atoms with Gasteiger partial charge in [-0.1, -0.05) is 35.9 Å². The van der Waals surface area contributed by atoms with Gasteiger partial charge in [0.1, 0.15) is 0 Å². The minimum atomic E-state index is -0.539. The summed E-state index contributed by atoms with van der Waals surface area (Å²) < 4.78 is 0. The van der Waals surface area contributed by atoms with Crippen LogP contribution in [0.2, 0.25) is 5.02 Å². The molecule has 0 spiro atoms. The molecule has 1 saturated heterocycles. The molecule has 0 bridgehead atoms. The van der Waals surface area contributed by atoms with Crippen LogP contribution in [0.5, 0.6) is 0 Å². The number of non-ortho nitro benzene ring substituents is 1. The lowest BCUT2D eigenvalue weighted by Gasteiger charge is -2.30. The summed E-state index contributed by atoms with van der Waals surface area (Å²) in [6.07, 6.45) is 4.65. The third-order valence-corrected chi connectivity index (χ3v) is 5.78. The van der Waals surface area contributed by atoms with Gasteiger partial charge in [0.2, 0.25) is 0 Å². The van der Waals surface area contributed by atoms with E-state index in [4.69, 9.17) is 11.6 Å². The summed E-state index contributed by atoms with van der Waals surface area (Å²) in [5.41, 5.74) is 0.714. The van der Waals surface area contributed by atoms with E-state index >= 15 is 0 Å². The van der Waals surface area contributed by atoms with E-state index in [0.29, 0.717) is 23.4 Å². The Balaban J connectivity index is 1.69. The number of hydrazine groups is 1. The molecule has 2 aliphatic rings. The molecule has 4 rings (SSSR count). The summed E-state index contributed by atoms with van der Waals surface area (Å²) in [5.74, 6) is -2.35. The number of fused-ring (bicyclic) bond motifs is 1. The number of nitro groups is 1. The molecular formula is C22H18ClN3O5. The molecule has 0 saturated carbocycles. The summed E-state index contributed by atoms with van der Waals surface area (Å²) in [6.45, 7) is -0.0934. The van der Waals surface area contributed by atoms with Crippen molar-refractivity contribution in [2.24, 2.45) is 11.8 Å². The maximum absolute atomic E-state index is 13.3. The first kappa shape index (κ1) is 20.7. The first-order chi connectivity index (χ1) is 14.9. The number of rotatable bonds is 5.